The van der Waals surface area contributed by atoms with Gasteiger partial charge in [-0.1, -0.05) is 0 Å². The van der Waals surface area contributed by atoms with Gasteiger partial charge in [0, 0.05) is 0 Å². The van der Waals surface area contributed by atoms with Crippen molar-refractivity contribution in [2.24, 2.45) is 5.73 Å². The topological polar surface area (TPSA) is 26.0 Å². The molecule has 2 heteroatoms. The van der Waals surface area contributed by atoms with Crippen molar-refractivity contribution in [3.05, 3.63) is 21.5 Å². The number of hydrogen-bond donors (Lipinski definition) is 1. The third-order valence-corrected chi connectivity index (χ3v) is 2.94. The number of nitrogens with two attached hydrogens (primary N) is 1. The van der Waals surface area contributed by atoms with Gasteiger partial charge in [0.25, 0.3) is 0 Å². The van der Waals surface area contributed by atoms with E-state index in [-0.39, 0.29) is 0 Å². The fourth-order valence-corrected chi connectivity index (χ4v) is 2.12. The first-order valence-electron chi connectivity index (χ1n) is 2.66. The molecule has 2 N–H and O–H groups in total. The van der Waals surface area contributed by atoms with Crippen molar-refractivity contribution in [3.8, 4) is 0 Å². The molecular weight excluding hydrogens is 165 g/mol. The van der Waals surface area contributed by atoms with E-state index in [9.17, 15) is 0 Å². The Hall–Kier alpha value is -0.0405. The summed E-state index contributed by atoms with van der Waals surface area (Å²) >= 11 is 0.638. The summed E-state index contributed by atoms with van der Waals surface area (Å²) in [5.74, 6) is 0. The zero-order valence-corrected chi connectivity index (χ0v) is 6.34. The van der Waals surface area contributed by atoms with Gasteiger partial charge in [-0.15, -0.1) is 0 Å². The first-order chi connectivity index (χ1) is 3.93. The molecule has 0 unspecified atom stereocenters. The molecular formula is C6H9NSe. The molecule has 0 radical (unpaired) electrons. The molecule has 8 heavy (non-hydrogen) atoms. The summed E-state index contributed by atoms with van der Waals surface area (Å²) in [7, 11) is 0. The van der Waals surface area contributed by atoms with Gasteiger partial charge < -0.3 is 0 Å². The Morgan fingerprint density at radius 3 is 3.00 bits per heavy atom. The molecule has 1 heterocycles. The number of hydrogen-bond acceptors (Lipinski definition) is 1. The fraction of sp³-hybridized carbons (Fsp3) is 0.333. The van der Waals surface area contributed by atoms with Gasteiger partial charge in [0.15, 0.2) is 0 Å². The van der Waals surface area contributed by atoms with Crippen molar-refractivity contribution in [1.82, 2.24) is 0 Å². The third kappa shape index (κ3) is 1.48. The van der Waals surface area contributed by atoms with Gasteiger partial charge in [0.05, 0.1) is 0 Å². The van der Waals surface area contributed by atoms with E-state index in [0.29, 0.717) is 14.5 Å². The van der Waals surface area contributed by atoms with E-state index < -0.39 is 0 Å². The second kappa shape index (κ2) is 3.08. The minimum atomic E-state index is 0.638. The molecule has 0 bridgehead atoms. The first-order valence-corrected chi connectivity index (χ1v) is 4.50. The van der Waals surface area contributed by atoms with Crippen LogP contribution in [0.15, 0.2) is 17.1 Å². The average Bonchev–Trinajstić information content (AvgIpc) is 2.19. The molecule has 0 amide bonds. The van der Waals surface area contributed by atoms with Crippen LogP contribution in [0.4, 0.5) is 0 Å². The monoisotopic (exact) mass is 175 g/mol. The van der Waals surface area contributed by atoms with Gasteiger partial charge in [-0.25, -0.2) is 0 Å². The molecule has 44 valence electrons. The summed E-state index contributed by atoms with van der Waals surface area (Å²) in [6.45, 7) is 0.801. The average molecular weight is 174 g/mol. The molecule has 0 fully saturated rings. The molecule has 0 aliphatic rings. The maximum absolute atomic E-state index is 5.35. The number of rotatable bonds is 2. The van der Waals surface area contributed by atoms with Crippen LogP contribution >= 0.6 is 0 Å². The Balaban J connectivity index is 2.50. The van der Waals surface area contributed by atoms with Crippen molar-refractivity contribution in [1.29, 1.82) is 0 Å². The summed E-state index contributed by atoms with van der Waals surface area (Å²) in [5.41, 5.74) is 5.35. The molecule has 0 aliphatic carbocycles. The molecule has 1 rings (SSSR count). The first kappa shape index (κ1) is 6.09. The van der Waals surface area contributed by atoms with Crippen LogP contribution in [0.1, 0.15) is 4.44 Å². The van der Waals surface area contributed by atoms with Gasteiger partial charge >= 0.3 is 54.7 Å². The zero-order valence-electron chi connectivity index (χ0n) is 4.63. The predicted octanol–water partition coefficient (Wildman–Crippen LogP) is 0.245. The molecule has 1 nitrogen and oxygen atoms in total. The zero-order chi connectivity index (χ0) is 5.82. The fourth-order valence-electron chi connectivity index (χ4n) is 0.597. The van der Waals surface area contributed by atoms with E-state index in [1.54, 1.807) is 0 Å². The normalized spacial score (nSPS) is 9.62. The maximum atomic E-state index is 5.35. The van der Waals surface area contributed by atoms with Crippen LogP contribution in [0, 0.1) is 0 Å². The molecule has 1 aromatic rings. The summed E-state index contributed by atoms with van der Waals surface area (Å²) in [4.78, 5) is 2.22. The Bertz CT molecular complexity index is 134. The molecule has 0 aliphatic heterocycles. The van der Waals surface area contributed by atoms with Crippen molar-refractivity contribution in [2.75, 3.05) is 6.54 Å². The van der Waals surface area contributed by atoms with E-state index in [1.165, 1.54) is 4.44 Å². The van der Waals surface area contributed by atoms with Crippen LogP contribution in [-0.2, 0) is 6.42 Å². The Morgan fingerprint density at radius 1 is 1.62 bits per heavy atom. The van der Waals surface area contributed by atoms with Gasteiger partial charge in [-0.05, 0) is 0 Å². The van der Waals surface area contributed by atoms with Crippen LogP contribution in [0.25, 0.3) is 0 Å². The Labute approximate surface area is 55.3 Å². The van der Waals surface area contributed by atoms with E-state index >= 15 is 0 Å². The van der Waals surface area contributed by atoms with Gasteiger partial charge in [0.1, 0.15) is 0 Å². The van der Waals surface area contributed by atoms with E-state index in [4.69, 9.17) is 5.73 Å². The molecule has 0 atom stereocenters. The van der Waals surface area contributed by atoms with Crippen molar-refractivity contribution >= 4 is 14.5 Å². The van der Waals surface area contributed by atoms with Crippen LogP contribution in [0.5, 0.6) is 0 Å². The standard InChI is InChI=1S/C6H9NSe/c7-4-3-6-2-1-5-8-6/h1-2,5H,3-4,7H2. The molecule has 0 saturated carbocycles. The third-order valence-electron chi connectivity index (χ3n) is 0.971. The molecule has 1 aromatic heterocycles. The SMILES string of the molecule is NCCc1ccc[se]1. The van der Waals surface area contributed by atoms with Gasteiger partial charge in [0.2, 0.25) is 0 Å². The summed E-state index contributed by atoms with van der Waals surface area (Å²) in [6.07, 6.45) is 1.09. The quantitative estimate of drug-likeness (QED) is 0.639. The minimum absolute atomic E-state index is 0.638. The summed E-state index contributed by atoms with van der Waals surface area (Å²) in [6, 6.07) is 4.29. The van der Waals surface area contributed by atoms with Crippen molar-refractivity contribution in [3.63, 3.8) is 0 Å². The van der Waals surface area contributed by atoms with Crippen molar-refractivity contribution in [2.45, 2.75) is 6.42 Å². The van der Waals surface area contributed by atoms with E-state index in [1.807, 2.05) is 0 Å². The van der Waals surface area contributed by atoms with E-state index in [0.717, 1.165) is 13.0 Å². The van der Waals surface area contributed by atoms with E-state index in [2.05, 4.69) is 17.1 Å². The predicted molar refractivity (Wildman–Crippen MR) is 36.1 cm³/mol. The molecule has 0 saturated heterocycles. The van der Waals surface area contributed by atoms with Crippen LogP contribution in [0.2, 0.25) is 0 Å². The Morgan fingerprint density at radius 2 is 2.50 bits per heavy atom. The molecule has 0 aromatic carbocycles. The molecule has 0 spiro atoms. The second-order valence-electron chi connectivity index (χ2n) is 1.62. The Kier molecular flexibility index (Phi) is 2.34. The summed E-state index contributed by atoms with van der Waals surface area (Å²) < 4.78 is 1.53. The van der Waals surface area contributed by atoms with Crippen LogP contribution < -0.4 is 5.73 Å². The van der Waals surface area contributed by atoms with Crippen molar-refractivity contribution < 1.29 is 0 Å². The van der Waals surface area contributed by atoms with Crippen LogP contribution in [0.3, 0.4) is 0 Å². The summed E-state index contributed by atoms with van der Waals surface area (Å²) in [5, 5.41) is 0. The van der Waals surface area contributed by atoms with Gasteiger partial charge in [-0.3, -0.25) is 0 Å². The van der Waals surface area contributed by atoms with Crippen LogP contribution in [-0.4, -0.2) is 21.0 Å². The second-order valence-corrected chi connectivity index (χ2v) is 3.78. The van der Waals surface area contributed by atoms with Gasteiger partial charge in [-0.2, -0.15) is 0 Å².